The molecule has 1 fully saturated rings. The van der Waals surface area contributed by atoms with Crippen LogP contribution in [0.1, 0.15) is 88.3 Å². The molecule has 1 aliphatic carbocycles. The summed E-state index contributed by atoms with van der Waals surface area (Å²) in [5.41, 5.74) is 2.88. The van der Waals surface area contributed by atoms with E-state index in [1.54, 1.807) is 0 Å². The average Bonchev–Trinajstić information content (AvgIpc) is 2.83. The summed E-state index contributed by atoms with van der Waals surface area (Å²) in [6.45, 7) is 4.41. The van der Waals surface area contributed by atoms with E-state index in [4.69, 9.17) is 4.74 Å². The summed E-state index contributed by atoms with van der Waals surface area (Å²) in [7, 11) is 0. The van der Waals surface area contributed by atoms with Crippen LogP contribution in [-0.4, -0.2) is 5.97 Å². The number of ether oxygens (including phenoxy) is 1. The Morgan fingerprint density at radius 1 is 0.812 bits per heavy atom. The highest BCUT2D eigenvalue weighted by Gasteiger charge is 2.27. The van der Waals surface area contributed by atoms with Gasteiger partial charge in [0.15, 0.2) is 0 Å². The summed E-state index contributed by atoms with van der Waals surface area (Å²) in [6.07, 6.45) is 9.98. The molecule has 0 saturated heterocycles. The van der Waals surface area contributed by atoms with Crippen LogP contribution in [0.3, 0.4) is 0 Å². The number of rotatable bonds is 6. The number of hydrogen-bond acceptors (Lipinski definition) is 2. The third-order valence-corrected chi connectivity index (χ3v) is 6.07. The Kier molecular flexibility index (Phi) is 9.46. The lowest BCUT2D eigenvalue weighted by molar-refractivity contribution is -0.140. The minimum Gasteiger partial charge on any atom is -0.426 e. The molecule has 2 aromatic carbocycles. The second kappa shape index (κ2) is 12.8. The Balaban J connectivity index is 1.50. The Bertz CT molecular complexity index is 970. The Hall–Kier alpha value is -2.97. The second-order valence-electron chi connectivity index (χ2n) is 8.68. The van der Waals surface area contributed by atoms with E-state index < -0.39 is 0 Å². The SMILES string of the molecule is CCCCC#Cc1ccc(C#Cc2ccc(OC(=O)C3CCC(CCC)CC3)cc2)cc1. The van der Waals surface area contributed by atoms with Crippen LogP contribution >= 0.6 is 0 Å². The van der Waals surface area contributed by atoms with Gasteiger partial charge < -0.3 is 4.74 Å². The first kappa shape index (κ1) is 23.7. The molecule has 0 aromatic heterocycles. The first-order valence-corrected chi connectivity index (χ1v) is 12.1. The monoisotopic (exact) mass is 426 g/mol. The summed E-state index contributed by atoms with van der Waals surface area (Å²) in [6, 6.07) is 15.5. The summed E-state index contributed by atoms with van der Waals surface area (Å²) >= 11 is 0. The van der Waals surface area contributed by atoms with Gasteiger partial charge in [-0.15, -0.1) is 0 Å². The highest BCUT2D eigenvalue weighted by atomic mass is 16.5. The van der Waals surface area contributed by atoms with Crippen molar-refractivity contribution in [2.24, 2.45) is 11.8 Å². The molecule has 166 valence electrons. The van der Waals surface area contributed by atoms with Gasteiger partial charge in [0.05, 0.1) is 5.92 Å². The van der Waals surface area contributed by atoms with Gasteiger partial charge in [0.2, 0.25) is 0 Å². The molecule has 0 bridgehead atoms. The molecule has 0 heterocycles. The van der Waals surface area contributed by atoms with Gasteiger partial charge in [-0.2, -0.15) is 0 Å². The predicted molar refractivity (Wildman–Crippen MR) is 131 cm³/mol. The highest BCUT2D eigenvalue weighted by molar-refractivity contribution is 5.75. The van der Waals surface area contributed by atoms with Crippen LogP contribution < -0.4 is 4.74 Å². The van der Waals surface area contributed by atoms with Gasteiger partial charge in [0.1, 0.15) is 5.75 Å². The molecule has 32 heavy (non-hydrogen) atoms. The van der Waals surface area contributed by atoms with Crippen LogP contribution in [0, 0.1) is 35.5 Å². The third kappa shape index (κ3) is 7.62. The van der Waals surface area contributed by atoms with Gasteiger partial charge >= 0.3 is 5.97 Å². The fourth-order valence-electron chi connectivity index (χ4n) is 4.11. The van der Waals surface area contributed by atoms with Gasteiger partial charge in [0.25, 0.3) is 0 Å². The van der Waals surface area contributed by atoms with Crippen LogP contribution in [0.15, 0.2) is 48.5 Å². The molecule has 0 radical (unpaired) electrons. The lowest BCUT2D eigenvalue weighted by Crippen LogP contribution is -2.25. The topological polar surface area (TPSA) is 26.3 Å². The van der Waals surface area contributed by atoms with E-state index in [-0.39, 0.29) is 11.9 Å². The van der Waals surface area contributed by atoms with Crippen molar-refractivity contribution < 1.29 is 9.53 Å². The first-order valence-electron chi connectivity index (χ1n) is 12.1. The summed E-state index contributed by atoms with van der Waals surface area (Å²) in [4.78, 5) is 12.5. The Labute approximate surface area is 193 Å². The average molecular weight is 427 g/mol. The maximum atomic E-state index is 12.5. The van der Waals surface area contributed by atoms with Crippen molar-refractivity contribution in [1.82, 2.24) is 0 Å². The Morgan fingerprint density at radius 2 is 1.38 bits per heavy atom. The minimum absolute atomic E-state index is 0.0434. The van der Waals surface area contributed by atoms with E-state index in [0.29, 0.717) is 5.75 Å². The molecular weight excluding hydrogens is 392 g/mol. The van der Waals surface area contributed by atoms with Crippen LogP contribution in [0.25, 0.3) is 0 Å². The van der Waals surface area contributed by atoms with Crippen molar-refractivity contribution >= 4 is 5.97 Å². The van der Waals surface area contributed by atoms with E-state index in [9.17, 15) is 4.79 Å². The number of unbranched alkanes of at least 4 members (excludes halogenated alkanes) is 2. The molecule has 2 nitrogen and oxygen atoms in total. The van der Waals surface area contributed by atoms with Crippen molar-refractivity contribution in [3.8, 4) is 29.4 Å². The number of carbonyl (C=O) groups excluding carboxylic acids is 1. The molecule has 0 aliphatic heterocycles. The molecule has 2 heteroatoms. The van der Waals surface area contributed by atoms with Gasteiger partial charge in [-0.05, 0) is 86.6 Å². The molecule has 0 spiro atoms. The summed E-state index contributed by atoms with van der Waals surface area (Å²) in [5.74, 6) is 14.1. The fraction of sp³-hybridized carbons (Fsp3) is 0.433. The van der Waals surface area contributed by atoms with Crippen LogP contribution in [0.4, 0.5) is 0 Å². The zero-order valence-corrected chi connectivity index (χ0v) is 19.5. The second-order valence-corrected chi connectivity index (χ2v) is 8.68. The molecule has 3 rings (SSSR count). The lowest BCUT2D eigenvalue weighted by Gasteiger charge is -2.26. The maximum absolute atomic E-state index is 12.5. The smallest absolute Gasteiger partial charge is 0.314 e. The molecule has 0 N–H and O–H groups in total. The van der Waals surface area contributed by atoms with Crippen LogP contribution in [-0.2, 0) is 4.79 Å². The van der Waals surface area contributed by atoms with Crippen molar-refractivity contribution in [3.05, 3.63) is 65.2 Å². The normalized spacial score (nSPS) is 17.4. The quantitative estimate of drug-likeness (QED) is 0.212. The standard InChI is InChI=1S/C30H34O2/c1-3-5-6-7-9-25-10-12-26(13-11-25)14-15-27-18-22-29(23-19-27)32-30(31)28-20-16-24(8-4-2)17-21-28/h10-13,18-19,22-24,28H,3-6,8,16-17,20-21H2,1-2H3. The van der Waals surface area contributed by atoms with Gasteiger partial charge in [-0.3, -0.25) is 4.79 Å². The minimum atomic E-state index is -0.0864. The van der Waals surface area contributed by atoms with E-state index in [1.165, 1.54) is 19.3 Å². The molecule has 2 aromatic rings. The molecule has 1 saturated carbocycles. The first-order chi connectivity index (χ1) is 15.7. The largest absolute Gasteiger partial charge is 0.426 e. The lowest BCUT2D eigenvalue weighted by atomic mass is 9.80. The number of esters is 1. The van der Waals surface area contributed by atoms with E-state index in [1.807, 2.05) is 48.5 Å². The molecule has 0 amide bonds. The zero-order valence-electron chi connectivity index (χ0n) is 19.5. The van der Waals surface area contributed by atoms with Gasteiger partial charge in [-0.1, -0.05) is 56.8 Å². The number of hydrogen-bond donors (Lipinski definition) is 0. The van der Waals surface area contributed by atoms with Crippen molar-refractivity contribution in [3.63, 3.8) is 0 Å². The van der Waals surface area contributed by atoms with Crippen LogP contribution in [0.2, 0.25) is 0 Å². The van der Waals surface area contributed by atoms with E-state index in [2.05, 4.69) is 37.5 Å². The van der Waals surface area contributed by atoms with Crippen molar-refractivity contribution in [2.75, 3.05) is 0 Å². The Morgan fingerprint density at radius 3 is 1.94 bits per heavy atom. The van der Waals surface area contributed by atoms with E-state index in [0.717, 1.165) is 61.1 Å². The number of carbonyl (C=O) groups is 1. The highest BCUT2D eigenvalue weighted by Crippen LogP contribution is 2.32. The fourth-order valence-corrected chi connectivity index (χ4v) is 4.11. The van der Waals surface area contributed by atoms with Crippen LogP contribution in [0.5, 0.6) is 5.75 Å². The molecule has 0 unspecified atom stereocenters. The maximum Gasteiger partial charge on any atom is 0.314 e. The third-order valence-electron chi connectivity index (χ3n) is 6.07. The summed E-state index contributed by atoms with van der Waals surface area (Å²) in [5, 5.41) is 0. The molecule has 0 atom stereocenters. The van der Waals surface area contributed by atoms with Crippen molar-refractivity contribution in [1.29, 1.82) is 0 Å². The molecule has 1 aliphatic rings. The number of benzene rings is 2. The summed E-state index contributed by atoms with van der Waals surface area (Å²) < 4.78 is 5.63. The van der Waals surface area contributed by atoms with E-state index >= 15 is 0 Å². The predicted octanol–water partition coefficient (Wildman–Crippen LogP) is 7.14. The van der Waals surface area contributed by atoms with Gasteiger partial charge in [0, 0.05) is 23.1 Å². The van der Waals surface area contributed by atoms with Gasteiger partial charge in [-0.25, -0.2) is 0 Å². The van der Waals surface area contributed by atoms with Crippen molar-refractivity contribution in [2.45, 2.75) is 71.6 Å². The zero-order chi connectivity index (χ0) is 22.6. The molecular formula is C30H34O2.